The molecule has 0 N–H and O–H groups in total. The second kappa shape index (κ2) is 4.88. The minimum atomic E-state index is -0.362. The van der Waals surface area contributed by atoms with Crippen molar-refractivity contribution in [2.24, 2.45) is 0 Å². The fourth-order valence-electron chi connectivity index (χ4n) is 1.36. The van der Waals surface area contributed by atoms with Crippen LogP contribution < -0.4 is 0 Å². The largest absolute Gasteiger partial charge is 0.462 e. The Bertz CT molecular complexity index is 391. The maximum atomic E-state index is 11.6. The van der Waals surface area contributed by atoms with Crippen molar-refractivity contribution < 1.29 is 9.53 Å². The van der Waals surface area contributed by atoms with Gasteiger partial charge in [-0.1, -0.05) is 38.4 Å². The number of carbonyl (C=O) groups is 1. The fraction of sp³-hybridized carbons (Fsp3) is 0.462. The molecule has 16 heavy (non-hydrogen) atoms. The Kier molecular flexibility index (Phi) is 3.98. The number of esters is 1. The number of rotatable bonds is 2. The third-order valence-electron chi connectivity index (χ3n) is 2.33. The highest BCUT2D eigenvalue weighted by Crippen LogP contribution is 2.27. The number of hydrogen-bond acceptors (Lipinski definition) is 2. The minimum absolute atomic E-state index is 0.00810. The standard InChI is InChI=1S/C13H17ClO2/c1-5-16-12(15)10-8-9(13(2,3)4)6-7-11(10)14/h6-8H,5H2,1-4H3. The van der Waals surface area contributed by atoms with E-state index in [9.17, 15) is 4.79 Å². The molecule has 3 heteroatoms. The molecule has 88 valence electrons. The van der Waals surface area contributed by atoms with Crippen LogP contribution in [0.15, 0.2) is 18.2 Å². The van der Waals surface area contributed by atoms with Crippen molar-refractivity contribution in [1.29, 1.82) is 0 Å². The van der Waals surface area contributed by atoms with Gasteiger partial charge in [-0.25, -0.2) is 4.79 Å². The fourth-order valence-corrected chi connectivity index (χ4v) is 1.55. The molecule has 0 amide bonds. The average Bonchev–Trinajstić information content (AvgIpc) is 2.16. The quantitative estimate of drug-likeness (QED) is 0.735. The number of hydrogen-bond donors (Lipinski definition) is 0. The van der Waals surface area contributed by atoms with Crippen molar-refractivity contribution in [3.05, 3.63) is 34.3 Å². The van der Waals surface area contributed by atoms with Gasteiger partial charge in [0, 0.05) is 0 Å². The van der Waals surface area contributed by atoms with Crippen LogP contribution in [0.4, 0.5) is 0 Å². The molecule has 0 spiro atoms. The molecule has 0 saturated heterocycles. The van der Waals surface area contributed by atoms with Gasteiger partial charge in [-0.3, -0.25) is 0 Å². The third kappa shape index (κ3) is 2.99. The topological polar surface area (TPSA) is 26.3 Å². The Morgan fingerprint density at radius 2 is 2.00 bits per heavy atom. The first-order chi connectivity index (χ1) is 7.36. The summed E-state index contributed by atoms with van der Waals surface area (Å²) in [6, 6.07) is 5.49. The summed E-state index contributed by atoms with van der Waals surface area (Å²) in [5.74, 6) is -0.362. The molecule has 0 bridgehead atoms. The Labute approximate surface area is 102 Å². The molecule has 1 aromatic carbocycles. The molecule has 0 unspecified atom stereocenters. The van der Waals surface area contributed by atoms with Crippen LogP contribution in [0.1, 0.15) is 43.6 Å². The van der Waals surface area contributed by atoms with Crippen molar-refractivity contribution in [3.63, 3.8) is 0 Å². The average molecular weight is 241 g/mol. The van der Waals surface area contributed by atoms with Crippen molar-refractivity contribution >= 4 is 17.6 Å². The summed E-state index contributed by atoms with van der Waals surface area (Å²) in [5.41, 5.74) is 1.50. The van der Waals surface area contributed by atoms with Crippen LogP contribution in [0.5, 0.6) is 0 Å². The highest BCUT2D eigenvalue weighted by Gasteiger charge is 2.18. The van der Waals surface area contributed by atoms with E-state index < -0.39 is 0 Å². The van der Waals surface area contributed by atoms with Crippen molar-refractivity contribution in [3.8, 4) is 0 Å². The lowest BCUT2D eigenvalue weighted by atomic mass is 9.86. The van der Waals surface area contributed by atoms with Crippen LogP contribution in [-0.2, 0) is 10.2 Å². The van der Waals surface area contributed by atoms with Crippen LogP contribution in [0.3, 0.4) is 0 Å². The zero-order chi connectivity index (χ0) is 12.3. The second-order valence-corrected chi connectivity index (χ2v) is 5.07. The van der Waals surface area contributed by atoms with Gasteiger partial charge in [0.05, 0.1) is 17.2 Å². The highest BCUT2D eigenvalue weighted by atomic mass is 35.5. The lowest BCUT2D eigenvalue weighted by molar-refractivity contribution is 0.0526. The van der Waals surface area contributed by atoms with Crippen LogP contribution >= 0.6 is 11.6 Å². The molecule has 1 aromatic rings. The smallest absolute Gasteiger partial charge is 0.339 e. The molecule has 0 aromatic heterocycles. The van der Waals surface area contributed by atoms with Crippen molar-refractivity contribution in [2.45, 2.75) is 33.1 Å². The summed E-state index contributed by atoms with van der Waals surface area (Å²) in [6.07, 6.45) is 0. The molecule has 2 nitrogen and oxygen atoms in total. The highest BCUT2D eigenvalue weighted by molar-refractivity contribution is 6.33. The van der Waals surface area contributed by atoms with E-state index in [1.165, 1.54) is 0 Å². The van der Waals surface area contributed by atoms with E-state index >= 15 is 0 Å². The van der Waals surface area contributed by atoms with E-state index in [-0.39, 0.29) is 11.4 Å². The van der Waals surface area contributed by atoms with Crippen LogP contribution in [0.25, 0.3) is 0 Å². The molecule has 0 aliphatic rings. The van der Waals surface area contributed by atoms with Gasteiger partial charge in [0.25, 0.3) is 0 Å². The summed E-state index contributed by atoms with van der Waals surface area (Å²) >= 11 is 5.98. The van der Waals surface area contributed by atoms with Gasteiger partial charge in [0.2, 0.25) is 0 Å². The predicted octanol–water partition coefficient (Wildman–Crippen LogP) is 3.81. The molecule has 0 radical (unpaired) electrons. The Morgan fingerprint density at radius 1 is 1.38 bits per heavy atom. The Morgan fingerprint density at radius 3 is 2.50 bits per heavy atom. The first-order valence-corrected chi connectivity index (χ1v) is 5.71. The molecule has 0 fully saturated rings. The van der Waals surface area contributed by atoms with E-state index in [2.05, 4.69) is 20.8 Å². The third-order valence-corrected chi connectivity index (χ3v) is 2.66. The maximum Gasteiger partial charge on any atom is 0.339 e. The van der Waals surface area contributed by atoms with Gasteiger partial charge in [-0.05, 0) is 30.0 Å². The zero-order valence-electron chi connectivity index (χ0n) is 10.1. The summed E-state index contributed by atoms with van der Waals surface area (Å²) in [4.78, 5) is 11.6. The summed E-state index contributed by atoms with van der Waals surface area (Å²) in [6.45, 7) is 8.40. The van der Waals surface area contributed by atoms with Gasteiger partial charge in [0.15, 0.2) is 0 Å². The van der Waals surface area contributed by atoms with Crippen molar-refractivity contribution in [2.75, 3.05) is 6.61 Å². The number of benzene rings is 1. The van der Waals surface area contributed by atoms with Crippen molar-refractivity contribution in [1.82, 2.24) is 0 Å². The lowest BCUT2D eigenvalue weighted by Crippen LogP contribution is -2.13. The van der Waals surface area contributed by atoms with Gasteiger partial charge in [-0.15, -0.1) is 0 Å². The van der Waals surface area contributed by atoms with Gasteiger partial charge >= 0.3 is 5.97 Å². The van der Waals surface area contributed by atoms with Gasteiger partial charge in [0.1, 0.15) is 0 Å². The molecule has 0 aliphatic heterocycles. The Hall–Kier alpha value is -1.02. The van der Waals surface area contributed by atoms with Crippen LogP contribution in [-0.4, -0.2) is 12.6 Å². The summed E-state index contributed by atoms with van der Waals surface area (Å²) in [7, 11) is 0. The Balaban J connectivity index is 3.14. The first kappa shape index (κ1) is 13.0. The number of ether oxygens (including phenoxy) is 1. The van der Waals surface area contributed by atoms with Gasteiger partial charge < -0.3 is 4.74 Å². The molecule has 0 aliphatic carbocycles. The van der Waals surface area contributed by atoms with Crippen LogP contribution in [0.2, 0.25) is 5.02 Å². The zero-order valence-corrected chi connectivity index (χ0v) is 10.9. The predicted molar refractivity (Wildman–Crippen MR) is 66.1 cm³/mol. The van der Waals surface area contributed by atoms with Crippen LogP contribution in [0, 0.1) is 0 Å². The molecular weight excluding hydrogens is 224 g/mol. The summed E-state index contributed by atoms with van der Waals surface area (Å²) < 4.78 is 4.95. The minimum Gasteiger partial charge on any atom is -0.462 e. The second-order valence-electron chi connectivity index (χ2n) is 4.67. The molecule has 0 saturated carbocycles. The molecule has 0 heterocycles. The molecule has 0 atom stereocenters. The maximum absolute atomic E-state index is 11.6. The van der Waals surface area contributed by atoms with Gasteiger partial charge in [-0.2, -0.15) is 0 Å². The lowest BCUT2D eigenvalue weighted by Gasteiger charge is -2.20. The van der Waals surface area contributed by atoms with E-state index in [1.807, 2.05) is 6.07 Å². The molecular formula is C13H17ClO2. The van der Waals surface area contributed by atoms with E-state index in [0.717, 1.165) is 5.56 Å². The number of halogens is 1. The monoisotopic (exact) mass is 240 g/mol. The van der Waals surface area contributed by atoms with E-state index in [4.69, 9.17) is 16.3 Å². The first-order valence-electron chi connectivity index (χ1n) is 5.33. The normalized spacial score (nSPS) is 11.3. The SMILES string of the molecule is CCOC(=O)c1cc(C(C)(C)C)ccc1Cl. The number of carbonyl (C=O) groups excluding carboxylic acids is 1. The molecule has 1 rings (SSSR count). The van der Waals surface area contributed by atoms with E-state index in [1.54, 1.807) is 19.1 Å². The summed E-state index contributed by atoms with van der Waals surface area (Å²) in [5, 5.41) is 0.437. The van der Waals surface area contributed by atoms with E-state index in [0.29, 0.717) is 17.2 Å².